The van der Waals surface area contributed by atoms with Crippen LogP contribution in [0.5, 0.6) is 11.5 Å². The third kappa shape index (κ3) is 7.03. The van der Waals surface area contributed by atoms with Crippen molar-refractivity contribution in [2.24, 2.45) is 5.11 Å². The number of hydrogen-bond acceptors (Lipinski definition) is 6. The molecule has 1 atom stereocenters. The zero-order chi connectivity index (χ0) is 29.3. The average molecular weight is 568 g/mol. The molecule has 0 saturated heterocycles. The van der Waals surface area contributed by atoms with Crippen molar-refractivity contribution in [1.82, 2.24) is 4.98 Å². The van der Waals surface area contributed by atoms with E-state index < -0.39 is 11.9 Å². The smallest absolute Gasteiger partial charge is 0.359 e. The largest absolute Gasteiger partial charge is 0.508 e. The lowest BCUT2D eigenvalue weighted by Crippen LogP contribution is -2.44. The minimum absolute atomic E-state index is 0.150. The van der Waals surface area contributed by atoms with Crippen LogP contribution < -0.4 is 14.6 Å². The van der Waals surface area contributed by atoms with Crippen LogP contribution in [0, 0.1) is 5.82 Å². The first-order valence-corrected chi connectivity index (χ1v) is 14.0. The highest BCUT2D eigenvalue weighted by atomic mass is 19.1. The Kier molecular flexibility index (Phi) is 9.26. The second-order valence-electron chi connectivity index (χ2n) is 10.2. The van der Waals surface area contributed by atoms with E-state index in [1.165, 1.54) is 6.07 Å². The van der Waals surface area contributed by atoms with Crippen LogP contribution in [0.4, 0.5) is 10.2 Å². The molecule has 214 valence electrons. The maximum Gasteiger partial charge on any atom is 0.359 e. The molecule has 42 heavy (non-hydrogen) atoms. The van der Waals surface area contributed by atoms with Crippen molar-refractivity contribution in [3.8, 4) is 22.8 Å². The summed E-state index contributed by atoms with van der Waals surface area (Å²) in [6.45, 7) is 0.882. The quantitative estimate of drug-likeness (QED) is 0.0636. The minimum atomic E-state index is -0.590. The number of rotatable bonds is 13. The molecule has 0 spiro atoms. The fourth-order valence-corrected chi connectivity index (χ4v) is 4.99. The van der Waals surface area contributed by atoms with E-state index in [9.17, 15) is 14.3 Å². The maximum atomic E-state index is 14.9. The molecule has 0 bridgehead atoms. The summed E-state index contributed by atoms with van der Waals surface area (Å²) in [5.41, 5.74) is 12.1. The standard InChI is InChI=1S/C32H31FN6O3/c33-26-18-23(10-15-30(26)42-17-7-2-1-6-16-35-38-34)20-28-32(41)39-21-29(24-11-13-25(40)14-12-24)36-27(31(39)37-28)19-22-8-4-3-5-9-22/h3-5,8-15,18,21,28,40H,1-2,6-7,16-17,19-20H2/p+1. The van der Waals surface area contributed by atoms with Crippen molar-refractivity contribution < 1.29 is 23.6 Å². The highest BCUT2D eigenvalue weighted by Crippen LogP contribution is 2.27. The molecule has 2 heterocycles. The Hall–Kier alpha value is -4.95. The van der Waals surface area contributed by atoms with Crippen molar-refractivity contribution >= 4 is 11.7 Å². The van der Waals surface area contributed by atoms with Crippen molar-refractivity contribution in [2.45, 2.75) is 44.6 Å². The predicted octanol–water partition coefficient (Wildman–Crippen LogP) is 6.40. The van der Waals surface area contributed by atoms with Crippen LogP contribution >= 0.6 is 0 Å². The first kappa shape index (κ1) is 28.6. The van der Waals surface area contributed by atoms with E-state index in [0.717, 1.165) is 42.5 Å². The van der Waals surface area contributed by atoms with E-state index in [0.29, 0.717) is 43.1 Å². The molecule has 0 saturated carbocycles. The van der Waals surface area contributed by atoms with Gasteiger partial charge in [-0.3, -0.25) is 5.32 Å². The Morgan fingerprint density at radius 2 is 1.81 bits per heavy atom. The fraction of sp³-hybridized carbons (Fsp3) is 0.281. The van der Waals surface area contributed by atoms with Gasteiger partial charge in [-0.1, -0.05) is 54.4 Å². The number of nitrogens with zero attached hydrogens (tertiary/aromatic N) is 5. The van der Waals surface area contributed by atoms with Gasteiger partial charge in [-0.15, -0.1) is 0 Å². The molecule has 3 aromatic carbocycles. The van der Waals surface area contributed by atoms with Gasteiger partial charge >= 0.3 is 11.7 Å². The molecule has 9 nitrogen and oxygen atoms in total. The highest BCUT2D eigenvalue weighted by molar-refractivity contribution is 5.82. The molecule has 0 radical (unpaired) electrons. The lowest BCUT2D eigenvalue weighted by molar-refractivity contribution is -0.552. The third-order valence-electron chi connectivity index (χ3n) is 7.15. The molecule has 0 aliphatic carbocycles. The summed E-state index contributed by atoms with van der Waals surface area (Å²) in [5, 5.41) is 16.6. The molecule has 5 rings (SSSR count). The normalized spacial score (nSPS) is 13.7. The summed E-state index contributed by atoms with van der Waals surface area (Å²) < 4.78 is 22.1. The minimum Gasteiger partial charge on any atom is -0.508 e. The number of aromatic nitrogens is 2. The molecule has 2 N–H and O–H groups in total. The van der Waals surface area contributed by atoms with Gasteiger partial charge < -0.3 is 9.84 Å². The second kappa shape index (κ2) is 13.6. The van der Waals surface area contributed by atoms with Gasteiger partial charge in [0, 0.05) is 29.9 Å². The molecule has 0 fully saturated rings. The van der Waals surface area contributed by atoms with E-state index in [1.807, 2.05) is 30.3 Å². The van der Waals surface area contributed by atoms with Gasteiger partial charge in [0.25, 0.3) is 0 Å². The van der Waals surface area contributed by atoms with Crippen LogP contribution in [-0.2, 0) is 12.8 Å². The number of phenolic OH excluding ortho intramolecular Hbond substituents is 1. The summed E-state index contributed by atoms with van der Waals surface area (Å²) in [4.78, 5) is 21.2. The summed E-state index contributed by atoms with van der Waals surface area (Å²) in [7, 11) is 0. The monoisotopic (exact) mass is 567 g/mol. The Labute approximate surface area is 243 Å². The summed E-state index contributed by atoms with van der Waals surface area (Å²) in [5.74, 6) is 0.341. The van der Waals surface area contributed by atoms with Gasteiger partial charge in [0.05, 0.1) is 6.61 Å². The molecule has 0 amide bonds. The number of fused-ring (bicyclic) bond motifs is 1. The number of azide groups is 1. The maximum absolute atomic E-state index is 14.9. The number of ether oxygens (including phenoxy) is 1. The Balaban J connectivity index is 1.28. The Morgan fingerprint density at radius 1 is 1.02 bits per heavy atom. The zero-order valence-corrected chi connectivity index (χ0v) is 23.1. The first-order chi connectivity index (χ1) is 20.5. The first-order valence-electron chi connectivity index (χ1n) is 14.0. The fourth-order valence-electron chi connectivity index (χ4n) is 4.99. The van der Waals surface area contributed by atoms with Crippen molar-refractivity contribution in [3.05, 3.63) is 112 Å². The molecular weight excluding hydrogens is 535 g/mol. The number of hydrogen-bond donors (Lipinski definition) is 2. The number of benzene rings is 3. The third-order valence-corrected chi connectivity index (χ3v) is 7.15. The molecule has 1 aliphatic rings. The Bertz CT molecular complexity index is 1590. The topological polar surface area (TPSA) is 124 Å². The SMILES string of the molecule is [N-]=[N+]=NCCCCCCOc1ccc(CC2Nc3c(Cc4ccccc4)nc(-c4ccc(O)cc4)c[n+]3C2=O)cc1F. The number of phenols is 1. The van der Waals surface area contributed by atoms with Crippen LogP contribution in [0.2, 0.25) is 0 Å². The second-order valence-corrected chi connectivity index (χ2v) is 10.2. The summed E-state index contributed by atoms with van der Waals surface area (Å²) in [6, 6.07) is 20.8. The summed E-state index contributed by atoms with van der Waals surface area (Å²) >= 11 is 0. The van der Waals surface area contributed by atoms with Gasteiger partial charge in [-0.2, -0.15) is 4.57 Å². The number of unbranched alkanes of at least 4 members (excludes halogenated alkanes) is 3. The van der Waals surface area contributed by atoms with Crippen molar-refractivity contribution in [3.63, 3.8) is 0 Å². The predicted molar refractivity (Wildman–Crippen MR) is 157 cm³/mol. The molecule has 4 aromatic rings. The van der Waals surface area contributed by atoms with E-state index in [-0.39, 0.29) is 17.4 Å². The summed E-state index contributed by atoms with van der Waals surface area (Å²) in [6.07, 6.45) is 5.95. The van der Waals surface area contributed by atoms with Crippen LogP contribution in [0.25, 0.3) is 21.7 Å². The van der Waals surface area contributed by atoms with Gasteiger partial charge in [0.1, 0.15) is 23.3 Å². The number of aromatic hydroxyl groups is 1. The van der Waals surface area contributed by atoms with Crippen molar-refractivity contribution in [1.29, 1.82) is 0 Å². The average Bonchev–Trinajstić information content (AvgIpc) is 3.31. The molecule has 1 aromatic heterocycles. The number of carbonyl (C=O) groups is 1. The Morgan fingerprint density at radius 3 is 2.57 bits per heavy atom. The van der Waals surface area contributed by atoms with Gasteiger partial charge in [-0.05, 0) is 65.9 Å². The highest BCUT2D eigenvalue weighted by Gasteiger charge is 2.41. The zero-order valence-electron chi connectivity index (χ0n) is 23.1. The van der Waals surface area contributed by atoms with Crippen LogP contribution in [0.3, 0.4) is 0 Å². The molecule has 1 aliphatic heterocycles. The van der Waals surface area contributed by atoms with E-state index in [1.54, 1.807) is 47.2 Å². The van der Waals surface area contributed by atoms with E-state index in [4.69, 9.17) is 15.3 Å². The number of halogens is 1. The molecular formula is C32H32FN6O3+. The van der Waals surface area contributed by atoms with Gasteiger partial charge in [0.2, 0.25) is 0 Å². The van der Waals surface area contributed by atoms with Gasteiger partial charge in [0.15, 0.2) is 17.6 Å². The molecule has 10 heteroatoms. The van der Waals surface area contributed by atoms with Crippen LogP contribution in [-0.4, -0.2) is 35.2 Å². The van der Waals surface area contributed by atoms with E-state index in [2.05, 4.69) is 15.3 Å². The van der Waals surface area contributed by atoms with Gasteiger partial charge in [-0.25, -0.2) is 14.2 Å². The number of anilines is 1. The van der Waals surface area contributed by atoms with Crippen LogP contribution in [0.15, 0.2) is 84.1 Å². The number of carbonyl (C=O) groups excluding carboxylic acids is 1. The lowest BCUT2D eigenvalue weighted by Gasteiger charge is -2.09. The van der Waals surface area contributed by atoms with Crippen molar-refractivity contribution in [2.75, 3.05) is 18.5 Å². The van der Waals surface area contributed by atoms with Crippen LogP contribution in [0.1, 0.15) is 47.3 Å². The van der Waals surface area contributed by atoms with E-state index >= 15 is 0 Å². The molecule has 1 unspecified atom stereocenters. The number of nitrogens with one attached hydrogen (secondary N) is 1. The lowest BCUT2D eigenvalue weighted by atomic mass is 10.1.